The van der Waals surface area contributed by atoms with Crippen LogP contribution < -0.4 is 5.32 Å². The van der Waals surface area contributed by atoms with Gasteiger partial charge in [-0.15, -0.1) is 11.8 Å². The Hall–Kier alpha value is -1.52. The molecule has 2 rings (SSSR count). The molecule has 0 aliphatic rings. The molecule has 2 aromatic rings. The zero-order valence-electron chi connectivity index (χ0n) is 12.1. The van der Waals surface area contributed by atoms with Gasteiger partial charge in [0.25, 0.3) is 0 Å². The Morgan fingerprint density at radius 1 is 1.19 bits per heavy atom. The first-order chi connectivity index (χ1) is 10.2. The number of thioether (sulfide) groups is 1. The van der Waals surface area contributed by atoms with Crippen LogP contribution in [0.5, 0.6) is 5.75 Å². The number of aromatic hydroxyl groups is 1. The Balaban J connectivity index is 1.95. The molecule has 0 aromatic heterocycles. The summed E-state index contributed by atoms with van der Waals surface area (Å²) in [6.45, 7) is 2.95. The van der Waals surface area contributed by atoms with Crippen molar-refractivity contribution in [1.82, 2.24) is 5.32 Å². The molecule has 2 nitrogen and oxygen atoms in total. The summed E-state index contributed by atoms with van der Waals surface area (Å²) in [5.41, 5.74) is 1.10. The third kappa shape index (κ3) is 5.40. The van der Waals surface area contributed by atoms with Crippen molar-refractivity contribution < 1.29 is 9.50 Å². The van der Waals surface area contributed by atoms with Gasteiger partial charge >= 0.3 is 0 Å². The lowest BCUT2D eigenvalue weighted by atomic mass is 10.1. The van der Waals surface area contributed by atoms with E-state index in [-0.39, 0.29) is 11.9 Å². The van der Waals surface area contributed by atoms with Crippen molar-refractivity contribution in [2.24, 2.45) is 0 Å². The molecule has 0 saturated heterocycles. The van der Waals surface area contributed by atoms with E-state index in [0.717, 1.165) is 29.2 Å². The molecule has 0 heterocycles. The summed E-state index contributed by atoms with van der Waals surface area (Å²) in [5.74, 6) is 0.945. The molecule has 0 aliphatic carbocycles. The molecule has 0 amide bonds. The van der Waals surface area contributed by atoms with Gasteiger partial charge in [0.15, 0.2) is 0 Å². The SMILES string of the molecule is CCNC(CSc1cccc(F)c1)Cc1cccc(O)c1. The van der Waals surface area contributed by atoms with Crippen LogP contribution in [0.3, 0.4) is 0 Å². The maximum Gasteiger partial charge on any atom is 0.124 e. The Labute approximate surface area is 129 Å². The molecule has 0 spiro atoms. The largest absolute Gasteiger partial charge is 0.508 e. The van der Waals surface area contributed by atoms with Crippen LogP contribution >= 0.6 is 11.8 Å². The molecule has 1 atom stereocenters. The molecule has 0 radical (unpaired) electrons. The Morgan fingerprint density at radius 3 is 2.71 bits per heavy atom. The second-order valence-corrected chi connectivity index (χ2v) is 5.99. The summed E-state index contributed by atoms with van der Waals surface area (Å²) >= 11 is 1.64. The lowest BCUT2D eigenvalue weighted by Crippen LogP contribution is -2.33. The summed E-state index contributed by atoms with van der Waals surface area (Å²) in [7, 11) is 0. The molecule has 2 N–H and O–H groups in total. The first-order valence-electron chi connectivity index (χ1n) is 7.07. The van der Waals surface area contributed by atoms with Crippen molar-refractivity contribution in [2.45, 2.75) is 24.3 Å². The monoisotopic (exact) mass is 305 g/mol. The molecule has 0 fully saturated rings. The fourth-order valence-electron chi connectivity index (χ4n) is 2.20. The number of nitrogens with one attached hydrogen (secondary N) is 1. The van der Waals surface area contributed by atoms with E-state index in [4.69, 9.17) is 0 Å². The highest BCUT2D eigenvalue weighted by atomic mass is 32.2. The van der Waals surface area contributed by atoms with Crippen LogP contribution in [-0.2, 0) is 6.42 Å². The normalized spacial score (nSPS) is 12.3. The predicted octanol–water partition coefficient (Wildman–Crippen LogP) is 3.84. The predicted molar refractivity (Wildman–Crippen MR) is 86.4 cm³/mol. The first-order valence-corrected chi connectivity index (χ1v) is 8.05. The molecular formula is C17H20FNOS. The molecule has 4 heteroatoms. The van der Waals surface area contributed by atoms with Gasteiger partial charge in [0.2, 0.25) is 0 Å². The van der Waals surface area contributed by atoms with Crippen molar-refractivity contribution in [1.29, 1.82) is 0 Å². The number of halogens is 1. The minimum absolute atomic E-state index is 0.201. The van der Waals surface area contributed by atoms with Crippen molar-refractivity contribution in [3.05, 3.63) is 59.9 Å². The second-order valence-electron chi connectivity index (χ2n) is 4.90. The fourth-order valence-corrected chi connectivity index (χ4v) is 3.20. The van der Waals surface area contributed by atoms with Gasteiger partial charge in [0, 0.05) is 16.7 Å². The van der Waals surface area contributed by atoms with Crippen molar-refractivity contribution in [3.63, 3.8) is 0 Å². The average molecular weight is 305 g/mol. The standard InChI is InChI=1S/C17H20FNOS/c1-2-19-15(9-13-5-3-7-16(20)10-13)12-21-17-8-4-6-14(18)11-17/h3-8,10-11,15,19-20H,2,9,12H2,1H3. The number of likely N-dealkylation sites (N-methyl/N-ethyl adjacent to an activating group) is 1. The first kappa shape index (κ1) is 15.9. The molecule has 2 aromatic carbocycles. The molecule has 21 heavy (non-hydrogen) atoms. The van der Waals surface area contributed by atoms with Crippen molar-refractivity contribution >= 4 is 11.8 Å². The van der Waals surface area contributed by atoms with E-state index in [2.05, 4.69) is 12.2 Å². The van der Waals surface area contributed by atoms with Crippen LogP contribution in [0.4, 0.5) is 4.39 Å². The average Bonchev–Trinajstić information content (AvgIpc) is 2.45. The number of hydrogen-bond donors (Lipinski definition) is 2. The van der Waals surface area contributed by atoms with Gasteiger partial charge in [-0.1, -0.05) is 25.1 Å². The van der Waals surface area contributed by atoms with Gasteiger partial charge in [0.05, 0.1) is 0 Å². The van der Waals surface area contributed by atoms with Gasteiger partial charge in [-0.2, -0.15) is 0 Å². The highest BCUT2D eigenvalue weighted by molar-refractivity contribution is 7.99. The second kappa shape index (κ2) is 8.05. The molecule has 112 valence electrons. The van der Waals surface area contributed by atoms with Crippen LogP contribution in [0.1, 0.15) is 12.5 Å². The minimum Gasteiger partial charge on any atom is -0.508 e. The van der Waals surface area contributed by atoms with Crippen LogP contribution in [0, 0.1) is 5.82 Å². The summed E-state index contributed by atoms with van der Waals surface area (Å²) in [4.78, 5) is 0.939. The van der Waals surface area contributed by atoms with Crippen LogP contribution in [0.15, 0.2) is 53.4 Å². The van der Waals surface area contributed by atoms with E-state index in [1.807, 2.05) is 18.2 Å². The molecule has 1 unspecified atom stereocenters. The summed E-state index contributed by atoms with van der Waals surface area (Å²) in [6, 6.07) is 14.3. The van der Waals surface area contributed by atoms with E-state index < -0.39 is 0 Å². The third-order valence-electron chi connectivity index (χ3n) is 3.13. The van der Waals surface area contributed by atoms with Crippen LogP contribution in [0.2, 0.25) is 0 Å². The number of rotatable bonds is 7. The Kier molecular flexibility index (Phi) is 6.08. The summed E-state index contributed by atoms with van der Waals surface area (Å²) in [5, 5.41) is 13.0. The van der Waals surface area contributed by atoms with Gasteiger partial charge in [-0.25, -0.2) is 4.39 Å². The van der Waals surface area contributed by atoms with E-state index in [1.165, 1.54) is 6.07 Å². The number of phenolic OH excluding ortho intramolecular Hbond substituents is 1. The van der Waals surface area contributed by atoms with Crippen LogP contribution in [0.25, 0.3) is 0 Å². The minimum atomic E-state index is -0.201. The lowest BCUT2D eigenvalue weighted by Gasteiger charge is -2.18. The fraction of sp³-hybridized carbons (Fsp3) is 0.294. The maximum atomic E-state index is 13.2. The maximum absolute atomic E-state index is 13.2. The Morgan fingerprint density at radius 2 is 2.00 bits per heavy atom. The molecule has 0 aliphatic heterocycles. The van der Waals surface area contributed by atoms with E-state index in [9.17, 15) is 9.50 Å². The van der Waals surface area contributed by atoms with E-state index in [1.54, 1.807) is 36.0 Å². The third-order valence-corrected chi connectivity index (χ3v) is 4.29. The smallest absolute Gasteiger partial charge is 0.124 e. The number of hydrogen-bond acceptors (Lipinski definition) is 3. The zero-order chi connectivity index (χ0) is 15.1. The molecular weight excluding hydrogens is 285 g/mol. The van der Waals surface area contributed by atoms with E-state index in [0.29, 0.717) is 5.75 Å². The number of benzene rings is 2. The van der Waals surface area contributed by atoms with Crippen molar-refractivity contribution in [3.8, 4) is 5.75 Å². The van der Waals surface area contributed by atoms with Crippen molar-refractivity contribution in [2.75, 3.05) is 12.3 Å². The summed E-state index contributed by atoms with van der Waals surface area (Å²) in [6.07, 6.45) is 0.838. The quantitative estimate of drug-likeness (QED) is 0.762. The highest BCUT2D eigenvalue weighted by Crippen LogP contribution is 2.21. The zero-order valence-corrected chi connectivity index (χ0v) is 12.9. The highest BCUT2D eigenvalue weighted by Gasteiger charge is 2.10. The number of phenols is 1. The van der Waals surface area contributed by atoms with Gasteiger partial charge < -0.3 is 10.4 Å². The van der Waals surface area contributed by atoms with E-state index >= 15 is 0 Å². The topological polar surface area (TPSA) is 32.3 Å². The van der Waals surface area contributed by atoms with Crippen LogP contribution in [-0.4, -0.2) is 23.4 Å². The van der Waals surface area contributed by atoms with Gasteiger partial charge in [-0.05, 0) is 48.9 Å². The van der Waals surface area contributed by atoms with Gasteiger partial charge in [0.1, 0.15) is 11.6 Å². The molecule has 0 saturated carbocycles. The summed E-state index contributed by atoms with van der Waals surface area (Å²) < 4.78 is 13.2. The lowest BCUT2D eigenvalue weighted by molar-refractivity contribution is 0.473. The molecule has 0 bridgehead atoms. The Bertz CT molecular complexity index is 576. The van der Waals surface area contributed by atoms with Gasteiger partial charge in [-0.3, -0.25) is 0 Å².